The zero-order valence-electron chi connectivity index (χ0n) is 14.4. The topological polar surface area (TPSA) is 73.0 Å². The van der Waals surface area contributed by atoms with Gasteiger partial charge in [-0.2, -0.15) is 0 Å². The lowest BCUT2D eigenvalue weighted by atomic mass is 10.1. The molecule has 1 unspecified atom stereocenters. The molecule has 0 spiro atoms. The number of imide groups is 1. The smallest absolute Gasteiger partial charge is 0.324 e. The largest absolute Gasteiger partial charge is 0.366 e. The van der Waals surface area contributed by atoms with Gasteiger partial charge in [0.1, 0.15) is 6.54 Å². The first-order chi connectivity index (χ1) is 12.3. The third kappa shape index (κ3) is 4.04. The number of rotatable bonds is 3. The van der Waals surface area contributed by atoms with Crippen LogP contribution in [0, 0.1) is 0 Å². The molecule has 7 nitrogen and oxygen atoms in total. The van der Waals surface area contributed by atoms with Crippen molar-refractivity contribution in [1.29, 1.82) is 0 Å². The molecule has 9 heteroatoms. The van der Waals surface area contributed by atoms with E-state index in [1.54, 1.807) is 17.0 Å². The molecule has 0 bridgehead atoms. The van der Waals surface area contributed by atoms with Crippen molar-refractivity contribution in [2.45, 2.75) is 19.4 Å². The van der Waals surface area contributed by atoms with E-state index in [0.717, 1.165) is 5.69 Å². The van der Waals surface area contributed by atoms with Crippen molar-refractivity contribution >= 4 is 46.7 Å². The van der Waals surface area contributed by atoms with Gasteiger partial charge in [0.15, 0.2) is 0 Å². The van der Waals surface area contributed by atoms with Crippen LogP contribution in [0.4, 0.5) is 10.5 Å². The van der Waals surface area contributed by atoms with Gasteiger partial charge in [-0.25, -0.2) is 4.79 Å². The third-order valence-corrected chi connectivity index (χ3v) is 5.22. The highest BCUT2D eigenvalue weighted by atomic mass is 35.5. The molecule has 1 atom stereocenters. The molecule has 1 N–H and O–H groups in total. The van der Waals surface area contributed by atoms with Crippen molar-refractivity contribution < 1.29 is 14.4 Å². The van der Waals surface area contributed by atoms with Crippen LogP contribution in [0.2, 0.25) is 10.0 Å². The molecule has 1 aromatic carbocycles. The number of carbonyl (C=O) groups is 3. The Hall–Kier alpha value is -1.99. The molecule has 1 aromatic rings. The fourth-order valence-corrected chi connectivity index (χ4v) is 3.68. The Morgan fingerprint density at radius 3 is 2.69 bits per heavy atom. The summed E-state index contributed by atoms with van der Waals surface area (Å²) in [5.41, 5.74) is 0.854. The molecule has 3 rings (SSSR count). The van der Waals surface area contributed by atoms with Crippen molar-refractivity contribution in [2.75, 3.05) is 37.6 Å². The SMILES string of the molecule is CC1CN(c2cc(Cl)ccc2Cl)CCN1C(=O)CN1CCC(=O)NC1=O. The summed E-state index contributed by atoms with van der Waals surface area (Å²) in [7, 11) is 0. The first-order valence-corrected chi connectivity index (χ1v) is 9.19. The number of nitrogens with one attached hydrogen (secondary N) is 1. The summed E-state index contributed by atoms with van der Waals surface area (Å²) < 4.78 is 0. The summed E-state index contributed by atoms with van der Waals surface area (Å²) in [5, 5.41) is 3.46. The molecule has 0 aromatic heterocycles. The van der Waals surface area contributed by atoms with E-state index in [2.05, 4.69) is 10.2 Å². The Labute approximate surface area is 161 Å². The summed E-state index contributed by atoms with van der Waals surface area (Å²) in [6, 6.07) is 4.78. The van der Waals surface area contributed by atoms with Crippen molar-refractivity contribution in [3.05, 3.63) is 28.2 Å². The Morgan fingerprint density at radius 1 is 1.23 bits per heavy atom. The van der Waals surface area contributed by atoms with E-state index in [1.165, 1.54) is 4.90 Å². The van der Waals surface area contributed by atoms with Crippen LogP contribution >= 0.6 is 23.2 Å². The number of urea groups is 1. The summed E-state index contributed by atoms with van der Waals surface area (Å²) in [6.07, 6.45) is 0.218. The minimum absolute atomic E-state index is 0.0264. The van der Waals surface area contributed by atoms with Gasteiger partial charge < -0.3 is 14.7 Å². The van der Waals surface area contributed by atoms with Gasteiger partial charge in [-0.15, -0.1) is 0 Å². The fraction of sp³-hybridized carbons (Fsp3) is 0.471. The lowest BCUT2D eigenvalue weighted by molar-refractivity contribution is -0.135. The number of anilines is 1. The highest BCUT2D eigenvalue weighted by Crippen LogP contribution is 2.30. The Balaban J connectivity index is 1.61. The van der Waals surface area contributed by atoms with E-state index in [-0.39, 0.29) is 37.4 Å². The van der Waals surface area contributed by atoms with Crippen LogP contribution in [0.1, 0.15) is 13.3 Å². The molecule has 2 fully saturated rings. The molecule has 2 heterocycles. The molecule has 2 saturated heterocycles. The summed E-state index contributed by atoms with van der Waals surface area (Å²) in [6.45, 7) is 3.97. The van der Waals surface area contributed by atoms with Crippen molar-refractivity contribution in [3.8, 4) is 0 Å². The average molecular weight is 399 g/mol. The summed E-state index contributed by atoms with van der Waals surface area (Å²) >= 11 is 12.3. The van der Waals surface area contributed by atoms with Gasteiger partial charge in [0.25, 0.3) is 0 Å². The minimum atomic E-state index is -0.508. The monoisotopic (exact) mass is 398 g/mol. The number of hydrogen-bond donors (Lipinski definition) is 1. The standard InChI is InChI=1S/C17H20Cl2N4O3/c1-11-9-21(14-8-12(18)2-3-13(14)19)6-7-23(11)16(25)10-22-5-4-15(24)20-17(22)26/h2-3,8,11H,4-7,9-10H2,1H3,(H,20,24,26). The van der Waals surface area contributed by atoms with E-state index in [1.807, 2.05) is 13.0 Å². The highest BCUT2D eigenvalue weighted by molar-refractivity contribution is 6.35. The van der Waals surface area contributed by atoms with Crippen LogP contribution in [-0.2, 0) is 9.59 Å². The molecule has 140 valence electrons. The molecule has 0 saturated carbocycles. The zero-order chi connectivity index (χ0) is 18.8. The minimum Gasteiger partial charge on any atom is -0.366 e. The quantitative estimate of drug-likeness (QED) is 0.844. The van der Waals surface area contributed by atoms with E-state index in [4.69, 9.17) is 23.2 Å². The molecule has 2 aliphatic heterocycles. The lowest BCUT2D eigenvalue weighted by Crippen LogP contribution is -2.58. The molecule has 0 radical (unpaired) electrons. The van der Waals surface area contributed by atoms with Crippen molar-refractivity contribution in [2.24, 2.45) is 0 Å². The number of hydrogen-bond acceptors (Lipinski definition) is 4. The van der Waals surface area contributed by atoms with Gasteiger partial charge >= 0.3 is 6.03 Å². The first kappa shape index (κ1) is 18.8. The van der Waals surface area contributed by atoms with Gasteiger partial charge in [0, 0.05) is 43.7 Å². The van der Waals surface area contributed by atoms with Crippen LogP contribution in [0.3, 0.4) is 0 Å². The Morgan fingerprint density at radius 2 is 2.00 bits per heavy atom. The summed E-state index contributed by atoms with van der Waals surface area (Å²) in [4.78, 5) is 40.9. The number of carbonyl (C=O) groups excluding carboxylic acids is 3. The predicted molar refractivity (Wildman–Crippen MR) is 99.6 cm³/mol. The first-order valence-electron chi connectivity index (χ1n) is 8.43. The van der Waals surface area contributed by atoms with Crippen molar-refractivity contribution in [1.82, 2.24) is 15.1 Å². The molecular formula is C17H20Cl2N4O3. The van der Waals surface area contributed by atoms with Gasteiger partial charge in [-0.3, -0.25) is 14.9 Å². The van der Waals surface area contributed by atoms with Gasteiger partial charge in [0.05, 0.1) is 10.7 Å². The second-order valence-electron chi connectivity index (χ2n) is 6.50. The predicted octanol–water partition coefficient (Wildman–Crippen LogP) is 1.97. The number of piperazine rings is 1. The molecule has 2 aliphatic rings. The molecule has 26 heavy (non-hydrogen) atoms. The van der Waals surface area contributed by atoms with E-state index in [0.29, 0.717) is 29.7 Å². The lowest BCUT2D eigenvalue weighted by Gasteiger charge is -2.42. The normalized spacial score (nSPS) is 21.0. The fourth-order valence-electron chi connectivity index (χ4n) is 3.28. The maximum atomic E-state index is 12.6. The number of amides is 4. The molecule has 4 amide bonds. The molecular weight excluding hydrogens is 379 g/mol. The Kier molecular flexibility index (Phi) is 5.58. The van der Waals surface area contributed by atoms with E-state index >= 15 is 0 Å². The van der Waals surface area contributed by atoms with Crippen LogP contribution in [0.15, 0.2) is 18.2 Å². The zero-order valence-corrected chi connectivity index (χ0v) is 15.9. The third-order valence-electron chi connectivity index (χ3n) is 4.67. The van der Waals surface area contributed by atoms with Gasteiger partial charge in [0.2, 0.25) is 11.8 Å². The van der Waals surface area contributed by atoms with Gasteiger partial charge in [-0.1, -0.05) is 23.2 Å². The van der Waals surface area contributed by atoms with Crippen LogP contribution < -0.4 is 10.2 Å². The maximum Gasteiger partial charge on any atom is 0.324 e. The summed E-state index contributed by atoms with van der Waals surface area (Å²) in [5.74, 6) is -0.432. The van der Waals surface area contributed by atoms with Crippen LogP contribution in [-0.4, -0.2) is 66.4 Å². The van der Waals surface area contributed by atoms with Crippen LogP contribution in [0.25, 0.3) is 0 Å². The maximum absolute atomic E-state index is 12.6. The van der Waals surface area contributed by atoms with E-state index in [9.17, 15) is 14.4 Å². The second kappa shape index (κ2) is 7.72. The average Bonchev–Trinajstić information content (AvgIpc) is 2.59. The second-order valence-corrected chi connectivity index (χ2v) is 7.35. The Bertz CT molecular complexity index is 743. The number of nitrogens with zero attached hydrogens (tertiary/aromatic N) is 3. The van der Waals surface area contributed by atoms with Crippen molar-refractivity contribution in [3.63, 3.8) is 0 Å². The van der Waals surface area contributed by atoms with Crippen LogP contribution in [0.5, 0.6) is 0 Å². The number of halogens is 2. The highest BCUT2D eigenvalue weighted by Gasteiger charge is 2.31. The van der Waals surface area contributed by atoms with E-state index < -0.39 is 6.03 Å². The molecule has 0 aliphatic carbocycles. The number of benzene rings is 1. The van der Waals surface area contributed by atoms with Gasteiger partial charge in [-0.05, 0) is 25.1 Å².